The summed E-state index contributed by atoms with van der Waals surface area (Å²) in [4.78, 5) is 7.29. The maximum absolute atomic E-state index is 8.29. The van der Waals surface area contributed by atoms with Crippen molar-refractivity contribution in [3.8, 4) is 18.9 Å². The lowest BCUT2D eigenvalue weighted by atomic mass is 10.4. The maximum atomic E-state index is 8.29. The lowest BCUT2D eigenvalue weighted by molar-refractivity contribution is 1.17. The summed E-state index contributed by atoms with van der Waals surface area (Å²) in [5.74, 6) is 0.181. The fourth-order valence-electron chi connectivity index (χ4n) is 0.435. The molecule has 0 bridgehead atoms. The van der Waals surface area contributed by atoms with Crippen LogP contribution >= 0.6 is 0 Å². The smallest absolute Gasteiger partial charge is 0.182 e. The number of aromatic nitrogens is 2. The zero-order valence-corrected chi connectivity index (χ0v) is 5.73. The van der Waals surface area contributed by atoms with Crippen LogP contribution in [0.4, 0.5) is 5.82 Å². The van der Waals surface area contributed by atoms with E-state index in [1.54, 1.807) is 6.07 Å². The SMILES string of the molecule is C#C.N#Cc1nccnc1N. The normalized spacial score (nSPS) is 7.00. The molecule has 0 saturated carbocycles. The van der Waals surface area contributed by atoms with Crippen LogP contribution in [0.5, 0.6) is 0 Å². The van der Waals surface area contributed by atoms with Crippen molar-refractivity contribution in [1.29, 1.82) is 5.26 Å². The third kappa shape index (κ3) is 2.33. The van der Waals surface area contributed by atoms with Gasteiger partial charge in [-0.3, -0.25) is 0 Å². The number of nitrogens with two attached hydrogens (primary N) is 1. The lowest BCUT2D eigenvalue weighted by Crippen LogP contribution is -1.95. The Morgan fingerprint density at radius 3 is 2.27 bits per heavy atom. The third-order valence-electron chi connectivity index (χ3n) is 0.832. The highest BCUT2D eigenvalue weighted by molar-refractivity contribution is 5.41. The molecule has 0 aliphatic carbocycles. The van der Waals surface area contributed by atoms with Crippen LogP contribution in [0.25, 0.3) is 0 Å². The van der Waals surface area contributed by atoms with Gasteiger partial charge in [0.25, 0.3) is 0 Å². The Hall–Kier alpha value is -2.07. The highest BCUT2D eigenvalue weighted by atomic mass is 14.9. The van der Waals surface area contributed by atoms with E-state index in [0.717, 1.165) is 0 Å². The standard InChI is InChI=1S/C5H4N4.C2H2/c6-3-4-5(7)9-2-1-8-4;1-2/h1-2H,(H2,7,9);1-2H. The molecule has 2 N–H and O–H groups in total. The van der Waals surface area contributed by atoms with Gasteiger partial charge in [0.05, 0.1) is 0 Å². The number of hydrogen-bond acceptors (Lipinski definition) is 4. The Balaban J connectivity index is 0.000000461. The summed E-state index contributed by atoms with van der Waals surface area (Å²) in [5, 5.41) is 8.29. The lowest BCUT2D eigenvalue weighted by Gasteiger charge is -1.89. The van der Waals surface area contributed by atoms with Crippen molar-refractivity contribution in [2.24, 2.45) is 0 Å². The molecule has 0 aromatic carbocycles. The first-order chi connectivity index (χ1) is 5.34. The van der Waals surface area contributed by atoms with Crippen molar-refractivity contribution in [3.05, 3.63) is 18.1 Å². The first-order valence-electron chi connectivity index (χ1n) is 2.64. The molecule has 1 aromatic heterocycles. The first kappa shape index (κ1) is 8.93. The first-order valence-corrected chi connectivity index (χ1v) is 2.64. The molecule has 1 rings (SSSR count). The topological polar surface area (TPSA) is 75.6 Å². The van der Waals surface area contributed by atoms with Crippen LogP contribution in [0.15, 0.2) is 12.4 Å². The molecule has 4 heteroatoms. The summed E-state index contributed by atoms with van der Waals surface area (Å²) in [7, 11) is 0. The second-order valence-corrected chi connectivity index (χ2v) is 1.40. The molecule has 0 aliphatic rings. The van der Waals surface area contributed by atoms with Crippen LogP contribution in [0.3, 0.4) is 0 Å². The van der Waals surface area contributed by atoms with Crippen LogP contribution in [0, 0.1) is 24.2 Å². The Kier molecular flexibility index (Phi) is 3.88. The van der Waals surface area contributed by atoms with Gasteiger partial charge in [0.1, 0.15) is 6.07 Å². The Bertz CT molecular complexity index is 284. The molecule has 0 unspecified atom stereocenters. The van der Waals surface area contributed by atoms with Gasteiger partial charge in [0.2, 0.25) is 0 Å². The maximum Gasteiger partial charge on any atom is 0.182 e. The van der Waals surface area contributed by atoms with E-state index in [-0.39, 0.29) is 11.5 Å². The fraction of sp³-hybridized carbons (Fsp3) is 0. The molecule has 0 aliphatic heterocycles. The van der Waals surface area contributed by atoms with Crippen molar-refractivity contribution >= 4 is 5.82 Å². The van der Waals surface area contributed by atoms with Crippen LogP contribution in [0.1, 0.15) is 5.69 Å². The van der Waals surface area contributed by atoms with Gasteiger partial charge in [0, 0.05) is 12.4 Å². The van der Waals surface area contributed by atoms with Crippen LogP contribution in [-0.2, 0) is 0 Å². The minimum atomic E-state index is 0.178. The van der Waals surface area contributed by atoms with Gasteiger partial charge in [-0.05, 0) is 0 Å². The van der Waals surface area contributed by atoms with Gasteiger partial charge in [-0.2, -0.15) is 5.26 Å². The van der Waals surface area contributed by atoms with E-state index in [9.17, 15) is 0 Å². The number of anilines is 1. The molecule has 11 heavy (non-hydrogen) atoms. The van der Waals surface area contributed by atoms with E-state index >= 15 is 0 Å². The number of hydrogen-bond donors (Lipinski definition) is 1. The molecule has 1 heterocycles. The van der Waals surface area contributed by atoms with Crippen molar-refractivity contribution in [2.75, 3.05) is 5.73 Å². The summed E-state index contributed by atoms with van der Waals surface area (Å²) >= 11 is 0. The predicted molar refractivity (Wildman–Crippen MR) is 41.0 cm³/mol. The molecule has 0 radical (unpaired) electrons. The van der Waals surface area contributed by atoms with Crippen molar-refractivity contribution < 1.29 is 0 Å². The fourth-order valence-corrected chi connectivity index (χ4v) is 0.435. The molecule has 0 saturated heterocycles. The van der Waals surface area contributed by atoms with Crippen LogP contribution < -0.4 is 5.73 Å². The Morgan fingerprint density at radius 1 is 1.36 bits per heavy atom. The van der Waals surface area contributed by atoms with E-state index in [4.69, 9.17) is 11.0 Å². The number of nitrogen functional groups attached to an aromatic ring is 1. The van der Waals surface area contributed by atoms with Gasteiger partial charge in [0.15, 0.2) is 11.5 Å². The van der Waals surface area contributed by atoms with Crippen molar-refractivity contribution in [3.63, 3.8) is 0 Å². The van der Waals surface area contributed by atoms with Gasteiger partial charge >= 0.3 is 0 Å². The summed E-state index contributed by atoms with van der Waals surface area (Å²) in [6, 6.07) is 1.80. The molecule has 0 atom stereocenters. The highest BCUT2D eigenvalue weighted by Crippen LogP contribution is 1.98. The number of terminal acetylenes is 1. The molecule has 1 aromatic rings. The average Bonchev–Trinajstić information content (AvgIpc) is 2.09. The summed E-state index contributed by atoms with van der Waals surface area (Å²) in [6.45, 7) is 0. The molecule has 0 amide bonds. The predicted octanol–water partition coefficient (Wildman–Crippen LogP) is 0.180. The monoisotopic (exact) mass is 146 g/mol. The third-order valence-corrected chi connectivity index (χ3v) is 0.832. The van der Waals surface area contributed by atoms with Gasteiger partial charge in [-0.25, -0.2) is 9.97 Å². The van der Waals surface area contributed by atoms with E-state index in [0.29, 0.717) is 0 Å². The molecular formula is C7H6N4. The number of rotatable bonds is 0. The summed E-state index contributed by atoms with van der Waals surface area (Å²) in [5.41, 5.74) is 5.41. The largest absolute Gasteiger partial charge is 0.381 e. The van der Waals surface area contributed by atoms with Gasteiger partial charge in [-0.1, -0.05) is 0 Å². The summed E-state index contributed by atoms with van der Waals surface area (Å²) in [6.07, 6.45) is 10.9. The highest BCUT2D eigenvalue weighted by Gasteiger charge is 1.94. The molecule has 0 spiro atoms. The molecule has 54 valence electrons. The summed E-state index contributed by atoms with van der Waals surface area (Å²) < 4.78 is 0. The molecular weight excluding hydrogens is 140 g/mol. The van der Waals surface area contributed by atoms with Crippen LogP contribution in [0.2, 0.25) is 0 Å². The van der Waals surface area contributed by atoms with Gasteiger partial charge < -0.3 is 5.73 Å². The zero-order chi connectivity index (χ0) is 8.69. The minimum absolute atomic E-state index is 0.178. The average molecular weight is 146 g/mol. The van der Waals surface area contributed by atoms with Gasteiger partial charge in [-0.15, -0.1) is 12.8 Å². The van der Waals surface area contributed by atoms with Crippen LogP contribution in [-0.4, -0.2) is 9.97 Å². The van der Waals surface area contributed by atoms with Crippen molar-refractivity contribution in [1.82, 2.24) is 9.97 Å². The second kappa shape index (κ2) is 4.78. The molecule has 4 nitrogen and oxygen atoms in total. The number of nitriles is 1. The van der Waals surface area contributed by atoms with E-state index in [1.165, 1.54) is 12.4 Å². The Morgan fingerprint density at radius 2 is 1.91 bits per heavy atom. The van der Waals surface area contributed by atoms with E-state index in [2.05, 4.69) is 22.8 Å². The van der Waals surface area contributed by atoms with Crippen molar-refractivity contribution in [2.45, 2.75) is 0 Å². The quantitative estimate of drug-likeness (QED) is 0.530. The second-order valence-electron chi connectivity index (χ2n) is 1.40. The van der Waals surface area contributed by atoms with E-state index < -0.39 is 0 Å². The van der Waals surface area contributed by atoms with E-state index in [1.807, 2.05) is 0 Å². The zero-order valence-electron chi connectivity index (χ0n) is 5.73. The molecule has 0 fully saturated rings. The Labute approximate surface area is 64.7 Å². The minimum Gasteiger partial charge on any atom is -0.381 e. The number of nitrogens with zero attached hydrogens (tertiary/aromatic N) is 3.